The summed E-state index contributed by atoms with van der Waals surface area (Å²) in [6, 6.07) is 9.39. The standard InChI is InChI=1S/C27H33F3O3/c1-3-5-18-6-8-19(9-7-18)20-10-13-22(14-11-20)33-27(29,30)17-16-21-12-15-23(24(31)4-2)26(32)25(21)28/h10-15,18-19,32H,3-9,16-17H2,1-2H3. The molecule has 0 aliphatic heterocycles. The predicted molar refractivity (Wildman–Crippen MR) is 123 cm³/mol. The Balaban J connectivity index is 1.56. The number of hydrogen-bond donors (Lipinski definition) is 1. The number of rotatable bonds is 10. The topological polar surface area (TPSA) is 46.5 Å². The van der Waals surface area contributed by atoms with Gasteiger partial charge in [0.2, 0.25) is 0 Å². The Bertz CT molecular complexity index is 932. The first-order valence-corrected chi connectivity index (χ1v) is 11.9. The molecule has 6 heteroatoms. The first kappa shape index (κ1) is 25.1. The van der Waals surface area contributed by atoms with Gasteiger partial charge in [-0.05, 0) is 73.3 Å². The SMILES string of the molecule is CCCC1CCC(c2ccc(OC(F)(F)CCc3ccc(C(=O)CC)c(O)c3F)cc2)CC1. The molecule has 0 unspecified atom stereocenters. The first-order valence-electron chi connectivity index (χ1n) is 11.9. The van der Waals surface area contributed by atoms with Gasteiger partial charge in [0.1, 0.15) is 5.75 Å². The molecular weight excluding hydrogens is 429 g/mol. The number of phenolic OH excluding ortho intramolecular Hbond substituents is 1. The average Bonchev–Trinajstić information content (AvgIpc) is 2.80. The summed E-state index contributed by atoms with van der Waals surface area (Å²) in [7, 11) is 0. The number of ether oxygens (including phenoxy) is 1. The molecule has 1 saturated carbocycles. The van der Waals surface area contributed by atoms with Gasteiger partial charge in [-0.1, -0.05) is 44.9 Å². The third-order valence-electron chi connectivity index (χ3n) is 6.67. The minimum Gasteiger partial charge on any atom is -0.504 e. The zero-order valence-electron chi connectivity index (χ0n) is 19.4. The van der Waals surface area contributed by atoms with Crippen LogP contribution in [0.25, 0.3) is 0 Å². The summed E-state index contributed by atoms with van der Waals surface area (Å²) in [6.07, 6.45) is 2.69. The fourth-order valence-electron chi connectivity index (χ4n) is 4.72. The molecule has 0 amide bonds. The molecule has 3 nitrogen and oxygen atoms in total. The second kappa shape index (κ2) is 11.1. The van der Waals surface area contributed by atoms with Crippen molar-refractivity contribution in [1.82, 2.24) is 0 Å². The summed E-state index contributed by atoms with van der Waals surface area (Å²) in [4.78, 5) is 11.7. The Kier molecular flexibility index (Phi) is 8.44. The number of ketones is 1. The van der Waals surface area contributed by atoms with E-state index in [4.69, 9.17) is 4.74 Å². The number of aryl methyl sites for hydroxylation is 1. The van der Waals surface area contributed by atoms with E-state index in [1.54, 1.807) is 19.1 Å². The Morgan fingerprint density at radius 2 is 1.73 bits per heavy atom. The van der Waals surface area contributed by atoms with Gasteiger partial charge in [-0.3, -0.25) is 4.79 Å². The quantitative estimate of drug-likeness (QED) is 0.366. The lowest BCUT2D eigenvalue weighted by Gasteiger charge is -2.28. The molecule has 0 aromatic heterocycles. The summed E-state index contributed by atoms with van der Waals surface area (Å²) in [6.45, 7) is 3.81. The molecule has 0 radical (unpaired) electrons. The van der Waals surface area contributed by atoms with Crippen molar-refractivity contribution in [1.29, 1.82) is 0 Å². The van der Waals surface area contributed by atoms with Crippen LogP contribution in [0.1, 0.15) is 92.6 Å². The fraction of sp³-hybridized carbons (Fsp3) is 0.519. The number of hydrogen-bond acceptors (Lipinski definition) is 3. The monoisotopic (exact) mass is 462 g/mol. The van der Waals surface area contributed by atoms with Crippen LogP contribution in [-0.2, 0) is 6.42 Å². The van der Waals surface area contributed by atoms with Crippen LogP contribution >= 0.6 is 0 Å². The molecule has 33 heavy (non-hydrogen) atoms. The predicted octanol–water partition coefficient (Wildman–Crippen LogP) is 7.80. The number of halogens is 3. The molecule has 1 aliphatic rings. The molecule has 0 spiro atoms. The van der Waals surface area contributed by atoms with Crippen LogP contribution in [0, 0.1) is 11.7 Å². The molecular formula is C27H33F3O3. The van der Waals surface area contributed by atoms with E-state index in [1.165, 1.54) is 37.8 Å². The number of benzene rings is 2. The van der Waals surface area contributed by atoms with E-state index in [0.29, 0.717) is 5.92 Å². The maximum atomic E-state index is 14.4. The Labute approximate surface area is 194 Å². The van der Waals surface area contributed by atoms with E-state index in [2.05, 4.69) is 6.92 Å². The van der Waals surface area contributed by atoms with Crippen LogP contribution in [0.2, 0.25) is 0 Å². The van der Waals surface area contributed by atoms with E-state index >= 15 is 0 Å². The second-order valence-electron chi connectivity index (χ2n) is 9.03. The third-order valence-corrected chi connectivity index (χ3v) is 6.67. The molecule has 2 aromatic carbocycles. The third kappa shape index (κ3) is 6.52. The van der Waals surface area contributed by atoms with Gasteiger partial charge < -0.3 is 9.84 Å². The minimum absolute atomic E-state index is 0.0654. The van der Waals surface area contributed by atoms with Gasteiger partial charge >= 0.3 is 6.11 Å². The van der Waals surface area contributed by atoms with Gasteiger partial charge in [-0.2, -0.15) is 8.78 Å². The average molecular weight is 463 g/mol. The van der Waals surface area contributed by atoms with Crippen LogP contribution < -0.4 is 4.74 Å². The van der Waals surface area contributed by atoms with Crippen LogP contribution in [-0.4, -0.2) is 17.0 Å². The van der Waals surface area contributed by atoms with Crippen LogP contribution in [0.3, 0.4) is 0 Å². The minimum atomic E-state index is -3.50. The van der Waals surface area contributed by atoms with Crippen molar-refractivity contribution in [3.8, 4) is 11.5 Å². The van der Waals surface area contributed by atoms with Gasteiger partial charge in [-0.25, -0.2) is 4.39 Å². The van der Waals surface area contributed by atoms with Gasteiger partial charge in [0.25, 0.3) is 0 Å². The second-order valence-corrected chi connectivity index (χ2v) is 9.03. The zero-order chi connectivity index (χ0) is 24.0. The van der Waals surface area contributed by atoms with Crippen molar-refractivity contribution >= 4 is 5.78 Å². The highest BCUT2D eigenvalue weighted by Crippen LogP contribution is 2.38. The fourth-order valence-corrected chi connectivity index (χ4v) is 4.72. The number of aromatic hydroxyl groups is 1. The van der Waals surface area contributed by atoms with E-state index in [9.17, 15) is 23.1 Å². The van der Waals surface area contributed by atoms with E-state index in [1.807, 2.05) is 12.1 Å². The lowest BCUT2D eigenvalue weighted by atomic mass is 9.77. The molecule has 2 aromatic rings. The largest absolute Gasteiger partial charge is 0.504 e. The summed E-state index contributed by atoms with van der Waals surface area (Å²) in [5.74, 6) is -0.904. The molecule has 0 atom stereocenters. The highest BCUT2D eigenvalue weighted by molar-refractivity contribution is 5.98. The molecule has 3 rings (SSSR count). The van der Waals surface area contributed by atoms with E-state index in [0.717, 1.165) is 24.3 Å². The molecule has 0 saturated heterocycles. The smallest absolute Gasteiger partial charge is 0.398 e. The van der Waals surface area contributed by atoms with Crippen molar-refractivity contribution in [2.45, 2.75) is 83.7 Å². The van der Waals surface area contributed by atoms with Crippen molar-refractivity contribution in [2.24, 2.45) is 5.92 Å². The number of alkyl halides is 2. The normalized spacial score (nSPS) is 18.8. The van der Waals surface area contributed by atoms with Crippen molar-refractivity contribution in [3.63, 3.8) is 0 Å². The van der Waals surface area contributed by atoms with Crippen molar-refractivity contribution in [2.75, 3.05) is 0 Å². The Hall–Kier alpha value is -2.50. The summed E-state index contributed by atoms with van der Waals surface area (Å²) >= 11 is 0. The summed E-state index contributed by atoms with van der Waals surface area (Å²) in [5.41, 5.74) is 0.929. The highest BCUT2D eigenvalue weighted by atomic mass is 19.3. The lowest BCUT2D eigenvalue weighted by Crippen LogP contribution is -2.25. The molecule has 0 bridgehead atoms. The van der Waals surface area contributed by atoms with Gasteiger partial charge in [-0.15, -0.1) is 0 Å². The van der Waals surface area contributed by atoms with Crippen LogP contribution in [0.15, 0.2) is 36.4 Å². The van der Waals surface area contributed by atoms with Gasteiger partial charge in [0, 0.05) is 6.42 Å². The molecule has 1 aliphatic carbocycles. The van der Waals surface area contributed by atoms with Crippen molar-refractivity contribution < 1.29 is 27.8 Å². The maximum absolute atomic E-state index is 14.4. The number of Topliss-reactive ketones (excluding diaryl/α,β-unsaturated/α-hetero) is 1. The molecule has 180 valence electrons. The summed E-state index contributed by atoms with van der Waals surface area (Å²) in [5, 5.41) is 9.90. The Morgan fingerprint density at radius 3 is 2.33 bits per heavy atom. The number of carbonyl (C=O) groups is 1. The van der Waals surface area contributed by atoms with E-state index < -0.39 is 29.9 Å². The molecule has 1 fully saturated rings. The highest BCUT2D eigenvalue weighted by Gasteiger charge is 2.32. The zero-order valence-corrected chi connectivity index (χ0v) is 19.4. The van der Waals surface area contributed by atoms with Gasteiger partial charge in [0.05, 0.1) is 12.0 Å². The maximum Gasteiger partial charge on any atom is 0.398 e. The molecule has 0 heterocycles. The van der Waals surface area contributed by atoms with Gasteiger partial charge in [0.15, 0.2) is 17.3 Å². The molecule has 1 N–H and O–H groups in total. The number of carbonyl (C=O) groups excluding carboxylic acids is 1. The van der Waals surface area contributed by atoms with E-state index in [-0.39, 0.29) is 29.7 Å². The van der Waals surface area contributed by atoms with Crippen LogP contribution in [0.4, 0.5) is 13.2 Å². The number of phenols is 1. The van der Waals surface area contributed by atoms with Crippen LogP contribution in [0.5, 0.6) is 11.5 Å². The lowest BCUT2D eigenvalue weighted by molar-refractivity contribution is -0.180. The first-order chi connectivity index (χ1) is 15.7. The summed E-state index contributed by atoms with van der Waals surface area (Å²) < 4.78 is 48.1. The Morgan fingerprint density at radius 1 is 1.06 bits per heavy atom. The van der Waals surface area contributed by atoms with Crippen molar-refractivity contribution in [3.05, 3.63) is 58.9 Å².